The molecule has 0 aliphatic carbocycles. The van der Waals surface area contributed by atoms with Gasteiger partial charge in [-0.1, -0.05) is 12.1 Å². The molecular formula is C24H23F3N2O3. The Morgan fingerprint density at radius 1 is 0.906 bits per heavy atom. The molecule has 168 valence electrons. The van der Waals surface area contributed by atoms with Crippen molar-refractivity contribution in [2.45, 2.75) is 19.0 Å². The zero-order chi connectivity index (χ0) is 23.1. The van der Waals surface area contributed by atoms with Crippen LogP contribution in [0.4, 0.5) is 18.9 Å². The monoisotopic (exact) mass is 444 g/mol. The highest BCUT2D eigenvalue weighted by Crippen LogP contribution is 2.32. The third kappa shape index (κ3) is 5.78. The van der Waals surface area contributed by atoms with E-state index in [1.807, 2.05) is 0 Å². The van der Waals surface area contributed by atoms with E-state index in [4.69, 9.17) is 9.47 Å². The van der Waals surface area contributed by atoms with E-state index in [2.05, 4.69) is 4.98 Å². The molecule has 0 spiro atoms. The van der Waals surface area contributed by atoms with Crippen molar-refractivity contribution in [2.75, 3.05) is 25.7 Å². The van der Waals surface area contributed by atoms with E-state index >= 15 is 0 Å². The first-order valence-electron chi connectivity index (χ1n) is 9.89. The number of benzene rings is 2. The van der Waals surface area contributed by atoms with Gasteiger partial charge in [0.05, 0.1) is 26.2 Å². The average molecular weight is 444 g/mol. The van der Waals surface area contributed by atoms with Crippen LogP contribution in [-0.2, 0) is 23.8 Å². The first kappa shape index (κ1) is 23.1. The Hall–Kier alpha value is -3.55. The van der Waals surface area contributed by atoms with Crippen LogP contribution < -0.4 is 14.4 Å². The van der Waals surface area contributed by atoms with Crippen LogP contribution in [-0.4, -0.2) is 31.7 Å². The molecule has 2 aromatic carbocycles. The van der Waals surface area contributed by atoms with Gasteiger partial charge in [-0.3, -0.25) is 9.78 Å². The van der Waals surface area contributed by atoms with Crippen LogP contribution in [0.1, 0.15) is 16.7 Å². The van der Waals surface area contributed by atoms with E-state index in [-0.39, 0.29) is 18.9 Å². The summed E-state index contributed by atoms with van der Waals surface area (Å²) in [5.74, 6) is 0.845. The fourth-order valence-electron chi connectivity index (χ4n) is 3.26. The van der Waals surface area contributed by atoms with Crippen molar-refractivity contribution in [1.82, 2.24) is 4.98 Å². The molecule has 0 aliphatic rings. The number of hydrogen-bond donors (Lipinski definition) is 0. The zero-order valence-electron chi connectivity index (χ0n) is 17.7. The normalized spacial score (nSPS) is 11.2. The van der Waals surface area contributed by atoms with Crippen molar-refractivity contribution >= 4 is 11.6 Å². The van der Waals surface area contributed by atoms with Gasteiger partial charge in [0.1, 0.15) is 0 Å². The third-order valence-electron chi connectivity index (χ3n) is 4.99. The molecule has 0 radical (unpaired) electrons. The van der Waals surface area contributed by atoms with E-state index in [9.17, 15) is 18.0 Å². The molecule has 32 heavy (non-hydrogen) atoms. The number of rotatable bonds is 8. The van der Waals surface area contributed by atoms with Crippen LogP contribution in [0, 0.1) is 0 Å². The van der Waals surface area contributed by atoms with E-state index in [1.54, 1.807) is 47.6 Å². The highest BCUT2D eigenvalue weighted by atomic mass is 19.4. The Bertz CT molecular complexity index is 1040. The number of halogens is 3. The number of carbonyl (C=O) groups excluding carboxylic acids is 1. The highest BCUT2D eigenvalue weighted by Gasteiger charge is 2.30. The van der Waals surface area contributed by atoms with Crippen molar-refractivity contribution in [3.05, 3.63) is 83.7 Å². The molecule has 5 nitrogen and oxygen atoms in total. The standard InChI is InChI=1S/C24H23F3N2O3/c1-31-21-8-7-20(16-22(21)32-2)29(23(30)15-18-9-12-28-13-10-18)14-11-17-3-5-19(6-4-17)24(25,26)27/h3-10,12-13,16H,11,14-15H2,1-2H3. The summed E-state index contributed by atoms with van der Waals surface area (Å²) < 4.78 is 49.1. The Morgan fingerprint density at radius 2 is 1.56 bits per heavy atom. The number of ether oxygens (including phenoxy) is 2. The van der Waals surface area contributed by atoms with Gasteiger partial charge in [0.25, 0.3) is 0 Å². The van der Waals surface area contributed by atoms with Crippen molar-refractivity contribution in [2.24, 2.45) is 0 Å². The van der Waals surface area contributed by atoms with Gasteiger partial charge in [0.15, 0.2) is 11.5 Å². The van der Waals surface area contributed by atoms with Crippen molar-refractivity contribution in [1.29, 1.82) is 0 Å². The number of anilines is 1. The van der Waals surface area contributed by atoms with E-state index < -0.39 is 11.7 Å². The molecule has 0 N–H and O–H groups in total. The van der Waals surface area contributed by atoms with Gasteiger partial charge >= 0.3 is 6.18 Å². The Morgan fingerprint density at radius 3 is 2.16 bits per heavy atom. The molecular weight excluding hydrogens is 421 g/mol. The number of methoxy groups -OCH3 is 2. The van der Waals surface area contributed by atoms with Crippen LogP contribution >= 0.6 is 0 Å². The number of carbonyl (C=O) groups is 1. The van der Waals surface area contributed by atoms with E-state index in [0.29, 0.717) is 29.2 Å². The SMILES string of the molecule is COc1ccc(N(CCc2ccc(C(F)(F)F)cc2)C(=O)Cc2ccncc2)cc1OC. The molecule has 0 fully saturated rings. The van der Waals surface area contributed by atoms with E-state index in [1.165, 1.54) is 26.4 Å². The molecule has 0 bridgehead atoms. The van der Waals surface area contributed by atoms with Crippen molar-refractivity contribution in [3.63, 3.8) is 0 Å². The fourth-order valence-corrected chi connectivity index (χ4v) is 3.26. The lowest BCUT2D eigenvalue weighted by Gasteiger charge is -2.24. The van der Waals surface area contributed by atoms with Gasteiger partial charge in [-0.05, 0) is 53.9 Å². The van der Waals surface area contributed by atoms with Gasteiger partial charge in [-0.25, -0.2) is 0 Å². The highest BCUT2D eigenvalue weighted by molar-refractivity contribution is 5.95. The van der Waals surface area contributed by atoms with Gasteiger partial charge in [0, 0.05) is 30.7 Å². The van der Waals surface area contributed by atoms with Crippen LogP contribution in [0.2, 0.25) is 0 Å². The number of amides is 1. The van der Waals surface area contributed by atoms with Gasteiger partial charge in [0.2, 0.25) is 5.91 Å². The topological polar surface area (TPSA) is 51.7 Å². The minimum atomic E-state index is -4.38. The number of nitrogens with zero attached hydrogens (tertiary/aromatic N) is 2. The summed E-state index contributed by atoms with van der Waals surface area (Å²) in [5, 5.41) is 0. The van der Waals surface area contributed by atoms with Crippen LogP contribution in [0.25, 0.3) is 0 Å². The largest absolute Gasteiger partial charge is 0.493 e. The summed E-state index contributed by atoms with van der Waals surface area (Å²) in [7, 11) is 3.03. The predicted octanol–water partition coefficient (Wildman–Crippen LogP) is 4.94. The molecule has 3 rings (SSSR count). The molecule has 0 aliphatic heterocycles. The fraction of sp³-hybridized carbons (Fsp3) is 0.250. The summed E-state index contributed by atoms with van der Waals surface area (Å²) in [6, 6.07) is 13.7. The third-order valence-corrected chi connectivity index (χ3v) is 4.99. The Labute approximate surface area is 184 Å². The van der Waals surface area contributed by atoms with Crippen LogP contribution in [0.3, 0.4) is 0 Å². The van der Waals surface area contributed by atoms with Crippen LogP contribution in [0.5, 0.6) is 11.5 Å². The summed E-state index contributed by atoms with van der Waals surface area (Å²) in [6.45, 7) is 0.283. The Balaban J connectivity index is 1.84. The first-order chi connectivity index (χ1) is 15.3. The quantitative estimate of drug-likeness (QED) is 0.494. The molecule has 1 aromatic heterocycles. The molecule has 8 heteroatoms. The lowest BCUT2D eigenvalue weighted by Crippen LogP contribution is -2.34. The smallest absolute Gasteiger partial charge is 0.416 e. The zero-order valence-corrected chi connectivity index (χ0v) is 17.7. The van der Waals surface area contributed by atoms with Crippen LogP contribution in [0.15, 0.2) is 67.0 Å². The second kappa shape index (κ2) is 10.2. The molecule has 0 saturated heterocycles. The minimum absolute atomic E-state index is 0.157. The lowest BCUT2D eigenvalue weighted by molar-refractivity contribution is -0.137. The van der Waals surface area contributed by atoms with Gasteiger partial charge < -0.3 is 14.4 Å². The summed E-state index contributed by atoms with van der Waals surface area (Å²) in [4.78, 5) is 18.7. The second-order valence-corrected chi connectivity index (χ2v) is 7.06. The minimum Gasteiger partial charge on any atom is -0.493 e. The first-order valence-corrected chi connectivity index (χ1v) is 9.89. The molecule has 1 heterocycles. The number of alkyl halides is 3. The van der Waals surface area contributed by atoms with E-state index in [0.717, 1.165) is 17.7 Å². The lowest BCUT2D eigenvalue weighted by atomic mass is 10.1. The maximum atomic E-state index is 13.2. The maximum Gasteiger partial charge on any atom is 0.416 e. The van der Waals surface area contributed by atoms with Gasteiger partial charge in [-0.15, -0.1) is 0 Å². The number of aromatic nitrogens is 1. The summed E-state index contributed by atoms with van der Waals surface area (Å²) >= 11 is 0. The maximum absolute atomic E-state index is 13.2. The van der Waals surface area contributed by atoms with Crippen molar-refractivity contribution in [3.8, 4) is 11.5 Å². The summed E-state index contributed by atoms with van der Waals surface area (Å²) in [6.07, 6.45) is -0.611. The molecule has 1 amide bonds. The molecule has 0 unspecified atom stereocenters. The molecule has 3 aromatic rings. The number of pyridine rings is 1. The molecule has 0 atom stereocenters. The van der Waals surface area contributed by atoms with Crippen molar-refractivity contribution < 1.29 is 27.4 Å². The predicted molar refractivity (Wildman–Crippen MR) is 115 cm³/mol. The Kier molecular flexibility index (Phi) is 7.35. The average Bonchev–Trinajstić information content (AvgIpc) is 2.79. The number of hydrogen-bond acceptors (Lipinski definition) is 4. The van der Waals surface area contributed by atoms with Gasteiger partial charge in [-0.2, -0.15) is 13.2 Å². The second-order valence-electron chi connectivity index (χ2n) is 7.06. The summed E-state index contributed by atoms with van der Waals surface area (Å²) in [5.41, 5.74) is 1.41. The molecule has 0 saturated carbocycles.